The first-order chi connectivity index (χ1) is 5.02. The van der Waals surface area contributed by atoms with Gasteiger partial charge in [0.15, 0.2) is 0 Å². The Hall–Kier alpha value is -1.21. The minimum atomic E-state index is -4.26. The number of hydrogen-bond acceptors (Lipinski definition) is 4. The molecule has 0 aliphatic heterocycles. The lowest BCUT2D eigenvalue weighted by Crippen LogP contribution is -2.48. The number of rotatable bonds is 1. The summed E-state index contributed by atoms with van der Waals surface area (Å²) in [6.45, 7) is 0. The number of nitrogens with zero attached hydrogens (tertiary/aromatic N) is 2. The largest absolute Gasteiger partial charge is 0.370 e. The molecule has 60 valence electrons. The molecule has 1 aromatic heterocycles. The van der Waals surface area contributed by atoms with E-state index in [1.165, 1.54) is 12.4 Å². The highest BCUT2D eigenvalue weighted by Crippen LogP contribution is 1.95. The molecule has 0 unspecified atom stereocenters. The van der Waals surface area contributed by atoms with Crippen molar-refractivity contribution < 1.29 is 17.6 Å². The quantitative estimate of drug-likeness (QED) is 0.303. The first-order valence-electron chi connectivity index (χ1n) is 2.60. The molecule has 1 rings (SSSR count). The summed E-state index contributed by atoms with van der Waals surface area (Å²) >= 11 is 0. The highest BCUT2D eigenvalue weighted by Gasteiger charge is 2.21. The molecular formula is C4H6N3O3S+. The average molecular weight is 176 g/mol. The lowest BCUT2D eigenvalue weighted by atomic mass is 10.8. The maximum atomic E-state index is 10.5. The molecule has 11 heavy (non-hydrogen) atoms. The Morgan fingerprint density at radius 1 is 1.64 bits per heavy atom. The molecule has 0 spiro atoms. The molecule has 0 saturated carbocycles. The molecule has 0 bridgehead atoms. The third kappa shape index (κ3) is 1.63. The van der Waals surface area contributed by atoms with Gasteiger partial charge < -0.3 is 0 Å². The molecule has 0 aromatic carbocycles. The van der Waals surface area contributed by atoms with Crippen LogP contribution in [-0.2, 0) is 10.1 Å². The summed E-state index contributed by atoms with van der Waals surface area (Å²) in [7, 11) is -4.26. The maximum absolute atomic E-state index is 10.5. The average Bonchev–Trinajstić information content (AvgIpc) is 1.86. The van der Waals surface area contributed by atoms with Gasteiger partial charge in [0.05, 0.1) is 6.20 Å². The van der Waals surface area contributed by atoms with E-state index >= 15 is 0 Å². The number of hydrogen-bond donors (Lipinski definition) is 2. The fourth-order valence-corrected chi connectivity index (χ4v) is 1.08. The predicted molar refractivity (Wildman–Crippen MR) is 34.4 cm³/mol. The van der Waals surface area contributed by atoms with Gasteiger partial charge in [-0.1, -0.05) is 4.68 Å². The van der Waals surface area contributed by atoms with Crippen LogP contribution in [0.25, 0.3) is 0 Å². The van der Waals surface area contributed by atoms with E-state index in [0.717, 1.165) is 10.9 Å². The second kappa shape index (κ2) is 2.44. The zero-order chi connectivity index (χ0) is 8.48. The van der Waals surface area contributed by atoms with E-state index in [0.29, 0.717) is 0 Å². The van der Waals surface area contributed by atoms with E-state index in [1.807, 2.05) is 0 Å². The van der Waals surface area contributed by atoms with E-state index in [1.54, 1.807) is 0 Å². The third-order valence-electron chi connectivity index (χ3n) is 1.02. The van der Waals surface area contributed by atoms with E-state index in [2.05, 4.69) is 4.98 Å². The summed E-state index contributed by atoms with van der Waals surface area (Å²) in [6.07, 6.45) is 3.47. The molecule has 0 aliphatic carbocycles. The fourth-order valence-electron chi connectivity index (χ4n) is 0.557. The molecule has 3 N–H and O–H groups in total. The summed E-state index contributed by atoms with van der Waals surface area (Å²) in [5, 5.41) is -0.444. The van der Waals surface area contributed by atoms with Crippen LogP contribution in [0.2, 0.25) is 0 Å². The van der Waals surface area contributed by atoms with E-state index in [4.69, 9.17) is 10.4 Å². The van der Waals surface area contributed by atoms with Crippen LogP contribution in [0.5, 0.6) is 0 Å². The Kier molecular flexibility index (Phi) is 1.75. The van der Waals surface area contributed by atoms with Gasteiger partial charge >= 0.3 is 15.1 Å². The van der Waals surface area contributed by atoms with Crippen molar-refractivity contribution in [3.05, 3.63) is 18.6 Å². The molecule has 0 radical (unpaired) electrons. The molecule has 1 heterocycles. The Bertz CT molecular complexity index is 361. The van der Waals surface area contributed by atoms with Gasteiger partial charge in [-0.2, -0.15) is 8.42 Å². The third-order valence-corrected chi connectivity index (χ3v) is 1.86. The standard InChI is InChI=1S/C4H5N3O3S/c5-7-2-1-6-3-4(7)11(8,9)10/h1-3H,(H2-,5,6,8,9,10)/p+1. The SMILES string of the molecule is N[n+]1ccncc1S(=O)(=O)O. The predicted octanol–water partition coefficient (Wildman–Crippen LogP) is -1.67. The lowest BCUT2D eigenvalue weighted by molar-refractivity contribution is -0.679. The minimum absolute atomic E-state index is 0.444. The Labute approximate surface area is 63.0 Å². The van der Waals surface area contributed by atoms with Gasteiger partial charge in [0, 0.05) is 0 Å². The van der Waals surface area contributed by atoms with Gasteiger partial charge in [0.1, 0.15) is 6.20 Å². The van der Waals surface area contributed by atoms with Gasteiger partial charge in [-0.05, 0) is 0 Å². The van der Waals surface area contributed by atoms with Crippen LogP contribution in [-0.4, -0.2) is 18.0 Å². The summed E-state index contributed by atoms with van der Waals surface area (Å²) in [6, 6.07) is 0. The first-order valence-corrected chi connectivity index (χ1v) is 4.04. The van der Waals surface area contributed by atoms with Crippen LogP contribution in [0.4, 0.5) is 0 Å². The van der Waals surface area contributed by atoms with Gasteiger partial charge in [-0.3, -0.25) is 9.54 Å². The van der Waals surface area contributed by atoms with Crippen molar-refractivity contribution in [3.8, 4) is 0 Å². The minimum Gasteiger partial charge on any atom is -0.277 e. The lowest BCUT2D eigenvalue weighted by Gasteiger charge is -1.90. The molecule has 0 amide bonds. The molecule has 1 aromatic rings. The zero-order valence-electron chi connectivity index (χ0n) is 5.38. The monoisotopic (exact) mass is 176 g/mol. The second-order valence-electron chi connectivity index (χ2n) is 1.80. The Balaban J connectivity index is 3.37. The van der Waals surface area contributed by atoms with Crippen molar-refractivity contribution in [2.75, 3.05) is 5.84 Å². The first kappa shape index (κ1) is 7.89. The number of aromatic nitrogens is 2. The molecule has 0 fully saturated rings. The van der Waals surface area contributed by atoms with Crippen molar-refractivity contribution in [1.82, 2.24) is 4.98 Å². The highest BCUT2D eigenvalue weighted by atomic mass is 32.2. The van der Waals surface area contributed by atoms with Crippen molar-refractivity contribution in [1.29, 1.82) is 0 Å². The van der Waals surface area contributed by atoms with Gasteiger partial charge in [0.2, 0.25) is 6.20 Å². The Morgan fingerprint density at radius 3 is 2.64 bits per heavy atom. The van der Waals surface area contributed by atoms with E-state index < -0.39 is 15.1 Å². The van der Waals surface area contributed by atoms with Crippen LogP contribution in [0.3, 0.4) is 0 Å². The molecule has 6 nitrogen and oxygen atoms in total. The van der Waals surface area contributed by atoms with Crippen LogP contribution in [0.1, 0.15) is 0 Å². The van der Waals surface area contributed by atoms with Crippen molar-refractivity contribution in [2.24, 2.45) is 0 Å². The maximum Gasteiger partial charge on any atom is 0.370 e. The van der Waals surface area contributed by atoms with Gasteiger partial charge in [0.25, 0.3) is 0 Å². The molecule has 0 aliphatic rings. The van der Waals surface area contributed by atoms with Crippen LogP contribution in [0, 0.1) is 0 Å². The van der Waals surface area contributed by atoms with Crippen LogP contribution in [0.15, 0.2) is 23.6 Å². The smallest absolute Gasteiger partial charge is 0.277 e. The number of nitrogen functional groups attached to an aromatic ring is 1. The molecular weight excluding hydrogens is 170 g/mol. The van der Waals surface area contributed by atoms with E-state index in [9.17, 15) is 8.42 Å². The molecule has 0 saturated heterocycles. The van der Waals surface area contributed by atoms with Gasteiger partial charge in [-0.25, -0.2) is 5.84 Å². The summed E-state index contributed by atoms with van der Waals surface area (Å²) in [5.74, 6) is 5.14. The normalized spacial score (nSPS) is 11.4. The summed E-state index contributed by atoms with van der Waals surface area (Å²) < 4.78 is 30.2. The molecule has 0 atom stereocenters. The van der Waals surface area contributed by atoms with Gasteiger partial charge in [-0.15, -0.1) is 0 Å². The highest BCUT2D eigenvalue weighted by molar-refractivity contribution is 7.85. The fraction of sp³-hybridized carbons (Fsp3) is 0. The summed E-state index contributed by atoms with van der Waals surface area (Å²) in [5.41, 5.74) is 0. The van der Waals surface area contributed by atoms with Crippen molar-refractivity contribution in [2.45, 2.75) is 5.03 Å². The topological polar surface area (TPSA) is 97.2 Å². The Morgan fingerprint density at radius 2 is 2.27 bits per heavy atom. The second-order valence-corrected chi connectivity index (χ2v) is 3.17. The molecule has 7 heteroatoms. The van der Waals surface area contributed by atoms with E-state index in [-0.39, 0.29) is 0 Å². The van der Waals surface area contributed by atoms with Crippen molar-refractivity contribution in [3.63, 3.8) is 0 Å². The zero-order valence-corrected chi connectivity index (χ0v) is 6.19. The van der Waals surface area contributed by atoms with Crippen LogP contribution >= 0.6 is 0 Å². The summed E-state index contributed by atoms with van der Waals surface area (Å²) in [4.78, 5) is 3.47. The van der Waals surface area contributed by atoms with Crippen molar-refractivity contribution >= 4 is 10.1 Å². The van der Waals surface area contributed by atoms with Crippen LogP contribution < -0.4 is 10.5 Å². The number of nitrogens with two attached hydrogens (primary N) is 1.